The van der Waals surface area contributed by atoms with Crippen LogP contribution in [0.25, 0.3) is 0 Å². The number of amides is 3. The topological polar surface area (TPSA) is 191 Å². The maximum absolute atomic E-state index is 12.7. The van der Waals surface area contributed by atoms with Crippen LogP contribution in [0.5, 0.6) is 5.75 Å². The number of aliphatic carboxylic acids is 1. The van der Waals surface area contributed by atoms with Crippen molar-refractivity contribution in [3.8, 4) is 5.75 Å². The number of phenolic OH excluding ortho intramolecular Hbond substituents is 1. The first-order valence-electron chi connectivity index (χ1n) is 10.2. The Morgan fingerprint density at radius 2 is 1.38 bits per heavy atom. The van der Waals surface area contributed by atoms with E-state index in [1.165, 1.54) is 38.1 Å². The van der Waals surface area contributed by atoms with Crippen LogP contribution in [0.3, 0.4) is 0 Å². The lowest BCUT2D eigenvalue weighted by Gasteiger charge is -2.27. The van der Waals surface area contributed by atoms with Gasteiger partial charge in [0.1, 0.15) is 23.9 Å². The van der Waals surface area contributed by atoms with Crippen molar-refractivity contribution in [1.29, 1.82) is 0 Å². The molecule has 0 saturated carbocycles. The van der Waals surface area contributed by atoms with Crippen LogP contribution in [0.15, 0.2) is 24.3 Å². The fraction of sp³-hybridized carbons (Fsp3) is 0.524. The Bertz CT molecular complexity index is 809. The summed E-state index contributed by atoms with van der Waals surface area (Å²) in [5.41, 5.74) is 6.07. The van der Waals surface area contributed by atoms with Gasteiger partial charge in [0.15, 0.2) is 0 Å². The highest BCUT2D eigenvalue weighted by atomic mass is 16.4. The van der Waals surface area contributed by atoms with Crippen LogP contribution in [-0.2, 0) is 25.6 Å². The molecular formula is C21H32N4O7. The average Bonchev–Trinajstić information content (AvgIpc) is 2.69. The molecule has 0 fully saturated rings. The fourth-order valence-electron chi connectivity index (χ4n) is 2.80. The van der Waals surface area contributed by atoms with Gasteiger partial charge in [-0.3, -0.25) is 14.4 Å². The van der Waals surface area contributed by atoms with E-state index in [9.17, 15) is 34.5 Å². The van der Waals surface area contributed by atoms with E-state index >= 15 is 0 Å². The lowest BCUT2D eigenvalue weighted by Crippen LogP contribution is -2.60. The zero-order valence-electron chi connectivity index (χ0n) is 18.5. The van der Waals surface area contributed by atoms with E-state index in [4.69, 9.17) is 5.73 Å². The molecule has 1 aromatic rings. The van der Waals surface area contributed by atoms with Crippen molar-refractivity contribution in [1.82, 2.24) is 16.0 Å². The smallest absolute Gasteiger partial charge is 0.326 e. The lowest BCUT2D eigenvalue weighted by molar-refractivity contribution is -0.143. The molecule has 8 N–H and O–H groups in total. The van der Waals surface area contributed by atoms with Crippen LogP contribution >= 0.6 is 0 Å². The second-order valence-electron chi connectivity index (χ2n) is 8.02. The summed E-state index contributed by atoms with van der Waals surface area (Å²) in [6.45, 7) is 6.09. The Kier molecular flexibility index (Phi) is 10.1. The van der Waals surface area contributed by atoms with Gasteiger partial charge in [-0.05, 0) is 37.5 Å². The van der Waals surface area contributed by atoms with Crippen LogP contribution in [0.2, 0.25) is 0 Å². The zero-order valence-corrected chi connectivity index (χ0v) is 18.5. The van der Waals surface area contributed by atoms with E-state index < -0.39 is 54.0 Å². The summed E-state index contributed by atoms with van der Waals surface area (Å²) in [6, 6.07) is 1.13. The van der Waals surface area contributed by atoms with Crippen LogP contribution in [0.1, 0.15) is 33.3 Å². The highest BCUT2D eigenvalue weighted by molar-refractivity contribution is 5.94. The lowest BCUT2D eigenvalue weighted by atomic mass is 10.0. The molecule has 1 aromatic carbocycles. The summed E-state index contributed by atoms with van der Waals surface area (Å²) in [7, 11) is 0. The van der Waals surface area contributed by atoms with Gasteiger partial charge in [0.25, 0.3) is 0 Å². The van der Waals surface area contributed by atoms with Crippen molar-refractivity contribution in [2.75, 3.05) is 0 Å². The number of hydrogen-bond acceptors (Lipinski definition) is 7. The zero-order chi connectivity index (χ0) is 24.6. The quantitative estimate of drug-likeness (QED) is 0.219. The number of carbonyl (C=O) groups is 4. The molecule has 0 heterocycles. The van der Waals surface area contributed by atoms with Gasteiger partial charge in [0.05, 0.1) is 12.1 Å². The number of phenols is 1. The molecule has 5 atom stereocenters. The Balaban J connectivity index is 2.94. The summed E-state index contributed by atoms with van der Waals surface area (Å²) in [6.07, 6.45) is -1.43. The molecule has 11 heteroatoms. The van der Waals surface area contributed by atoms with E-state index in [0.29, 0.717) is 5.56 Å². The van der Waals surface area contributed by atoms with Gasteiger partial charge in [-0.2, -0.15) is 0 Å². The van der Waals surface area contributed by atoms with Crippen LogP contribution in [0.4, 0.5) is 0 Å². The van der Waals surface area contributed by atoms with Gasteiger partial charge < -0.3 is 37.0 Å². The number of aliphatic hydroxyl groups excluding tert-OH is 1. The highest BCUT2D eigenvalue weighted by Gasteiger charge is 2.33. The van der Waals surface area contributed by atoms with Crippen molar-refractivity contribution in [3.05, 3.63) is 29.8 Å². The third-order valence-corrected chi connectivity index (χ3v) is 4.71. The second kappa shape index (κ2) is 12.0. The van der Waals surface area contributed by atoms with Crippen LogP contribution in [0, 0.1) is 5.92 Å². The van der Waals surface area contributed by atoms with Crippen LogP contribution in [-0.4, -0.2) is 69.3 Å². The molecule has 5 unspecified atom stereocenters. The minimum absolute atomic E-state index is 0.0115. The van der Waals surface area contributed by atoms with Gasteiger partial charge in [-0.1, -0.05) is 26.0 Å². The monoisotopic (exact) mass is 452 g/mol. The molecule has 0 bridgehead atoms. The molecule has 11 nitrogen and oxygen atoms in total. The molecule has 0 aliphatic rings. The first-order chi connectivity index (χ1) is 14.8. The van der Waals surface area contributed by atoms with Gasteiger partial charge in [0, 0.05) is 6.42 Å². The van der Waals surface area contributed by atoms with E-state index in [0.717, 1.165) is 0 Å². The van der Waals surface area contributed by atoms with E-state index in [1.807, 2.05) is 0 Å². The number of rotatable bonds is 11. The highest BCUT2D eigenvalue weighted by Crippen LogP contribution is 2.12. The maximum Gasteiger partial charge on any atom is 0.326 e. The Morgan fingerprint density at radius 3 is 1.81 bits per heavy atom. The molecule has 0 saturated heterocycles. The number of hydrogen-bond donors (Lipinski definition) is 7. The van der Waals surface area contributed by atoms with Crippen molar-refractivity contribution >= 4 is 23.7 Å². The molecular weight excluding hydrogens is 420 g/mol. The van der Waals surface area contributed by atoms with E-state index in [2.05, 4.69) is 16.0 Å². The van der Waals surface area contributed by atoms with Crippen molar-refractivity contribution < 1.29 is 34.5 Å². The number of carbonyl (C=O) groups excluding carboxylic acids is 3. The summed E-state index contributed by atoms with van der Waals surface area (Å²) in [5, 5.41) is 36.0. The molecule has 1 rings (SSSR count). The first kappa shape index (κ1) is 26.9. The maximum atomic E-state index is 12.7. The van der Waals surface area contributed by atoms with Crippen molar-refractivity contribution in [2.45, 2.75) is 64.4 Å². The Hall–Kier alpha value is -3.18. The SMILES string of the molecule is CC(N)C(=O)NC(C(=O)NC(C(=O)NC(Cc1ccc(O)cc1)C(=O)O)C(C)O)C(C)C. The molecule has 3 amide bonds. The molecule has 0 aliphatic carbocycles. The third-order valence-electron chi connectivity index (χ3n) is 4.71. The second-order valence-corrected chi connectivity index (χ2v) is 8.02. The van der Waals surface area contributed by atoms with Gasteiger partial charge in [-0.25, -0.2) is 4.79 Å². The normalized spacial score (nSPS) is 15.7. The number of nitrogens with one attached hydrogen (secondary N) is 3. The van der Waals surface area contributed by atoms with Gasteiger partial charge >= 0.3 is 5.97 Å². The average molecular weight is 453 g/mol. The molecule has 0 aromatic heterocycles. The summed E-state index contributed by atoms with van der Waals surface area (Å²) in [5.74, 6) is -3.84. The standard InChI is InChI=1S/C21H32N4O7/c1-10(2)16(24-18(28)11(3)22)19(29)25-17(12(4)26)20(30)23-15(21(31)32)9-13-5-7-14(27)8-6-13/h5-8,10-12,15-17,26-27H,9,22H2,1-4H3,(H,23,30)(H,24,28)(H,25,29)(H,31,32). The first-order valence-corrected chi connectivity index (χ1v) is 10.2. The Labute approximate surface area is 186 Å². The largest absolute Gasteiger partial charge is 0.508 e. The molecule has 0 radical (unpaired) electrons. The molecule has 32 heavy (non-hydrogen) atoms. The van der Waals surface area contributed by atoms with Gasteiger partial charge in [-0.15, -0.1) is 0 Å². The number of carboxylic acid groups (broad SMARTS) is 1. The number of nitrogens with two attached hydrogens (primary N) is 1. The number of aliphatic hydroxyl groups is 1. The van der Waals surface area contributed by atoms with E-state index in [1.54, 1.807) is 13.8 Å². The van der Waals surface area contributed by atoms with Crippen LogP contribution < -0.4 is 21.7 Å². The minimum Gasteiger partial charge on any atom is -0.508 e. The molecule has 0 spiro atoms. The van der Waals surface area contributed by atoms with Crippen molar-refractivity contribution in [3.63, 3.8) is 0 Å². The Morgan fingerprint density at radius 1 is 0.875 bits per heavy atom. The fourth-order valence-corrected chi connectivity index (χ4v) is 2.80. The van der Waals surface area contributed by atoms with E-state index in [-0.39, 0.29) is 18.1 Å². The molecule has 0 aliphatic heterocycles. The van der Waals surface area contributed by atoms with Crippen molar-refractivity contribution in [2.24, 2.45) is 11.7 Å². The molecule has 178 valence electrons. The predicted octanol–water partition coefficient (Wildman–Crippen LogP) is -1.14. The minimum atomic E-state index is -1.46. The predicted molar refractivity (Wildman–Crippen MR) is 115 cm³/mol. The number of aromatic hydroxyl groups is 1. The number of benzene rings is 1. The summed E-state index contributed by atoms with van der Waals surface area (Å²) >= 11 is 0. The third kappa shape index (κ3) is 8.16. The summed E-state index contributed by atoms with van der Waals surface area (Å²) in [4.78, 5) is 48.9. The number of carboxylic acids is 1. The summed E-state index contributed by atoms with van der Waals surface area (Å²) < 4.78 is 0. The van der Waals surface area contributed by atoms with Gasteiger partial charge in [0.2, 0.25) is 17.7 Å².